The van der Waals surface area contributed by atoms with Crippen LogP contribution in [-0.2, 0) is 35.3 Å². The molecule has 1 saturated heterocycles. The minimum absolute atomic E-state index is 0.0174. The van der Waals surface area contributed by atoms with E-state index in [1.54, 1.807) is 59.1 Å². The molecule has 0 aliphatic carbocycles. The van der Waals surface area contributed by atoms with E-state index >= 15 is 0 Å². The molecule has 17 heteroatoms. The number of rotatable bonds is 11. The van der Waals surface area contributed by atoms with E-state index in [0.717, 1.165) is 22.7 Å². The number of carbonyl (C=O) groups is 4. The van der Waals surface area contributed by atoms with Gasteiger partial charge in [-0.1, -0.05) is 39.9 Å². The van der Waals surface area contributed by atoms with Crippen LogP contribution in [0.5, 0.6) is 5.75 Å². The summed E-state index contributed by atoms with van der Waals surface area (Å²) in [6.45, 7) is 7.01. The van der Waals surface area contributed by atoms with E-state index in [1.165, 1.54) is 16.7 Å². The lowest BCUT2D eigenvalue weighted by molar-refractivity contribution is -0.153. The third-order valence-electron chi connectivity index (χ3n) is 5.96. The first kappa shape index (κ1) is 33.4. The molecule has 0 spiro atoms. The number of carbonyl (C=O) groups excluding carboxylic acids is 4. The number of thioether (sulfide) groups is 1. The number of benzene rings is 1. The van der Waals surface area contributed by atoms with Crippen LogP contribution in [-0.4, -0.2) is 84.8 Å². The van der Waals surface area contributed by atoms with Crippen LogP contribution in [0.1, 0.15) is 39.1 Å². The Labute approximate surface area is 275 Å². The van der Waals surface area contributed by atoms with Gasteiger partial charge in [0, 0.05) is 21.7 Å². The number of aromatic nitrogens is 2. The van der Waals surface area contributed by atoms with Crippen molar-refractivity contribution in [3.8, 4) is 5.75 Å². The minimum atomic E-state index is -0.947. The molecule has 2 aliphatic heterocycles. The van der Waals surface area contributed by atoms with Crippen molar-refractivity contribution in [1.29, 1.82) is 0 Å². The van der Waals surface area contributed by atoms with Gasteiger partial charge < -0.3 is 24.4 Å². The quantitative estimate of drug-likeness (QED) is 0.0860. The number of esters is 1. The van der Waals surface area contributed by atoms with E-state index in [-0.39, 0.29) is 35.6 Å². The number of anilines is 1. The monoisotopic (exact) mass is 758 g/mol. The summed E-state index contributed by atoms with van der Waals surface area (Å²) in [4.78, 5) is 62.6. The van der Waals surface area contributed by atoms with Gasteiger partial charge in [0.1, 0.15) is 41.7 Å². The highest BCUT2D eigenvalue weighted by Gasteiger charge is 2.54. The minimum Gasteiger partial charge on any atom is -0.497 e. The SMILES string of the molecule is CCON=C(C(=O)NC1C(=O)N2C(C(=O)OCc3ccc(OC)cc3)=C(CI)CSC12)c1nsc(NC(=O)OC(C)(C)C)n1. The second-order valence-corrected chi connectivity index (χ2v) is 12.9. The molecule has 2 N–H and O–H groups in total. The standard InChI is InChI=1S/C27H31IN6O8S2/c1-6-41-32-17(20-30-25(44-33-20)31-26(38)42-27(2,3)4)21(35)29-18-22(36)34-19(15(11-28)13-43-23(18)34)24(37)40-12-14-7-9-16(39-5)10-8-14/h7-10,18,23H,6,11-13H2,1-5H3,(H,29,35)(H,30,31,33,38). The highest BCUT2D eigenvalue weighted by atomic mass is 127. The second-order valence-electron chi connectivity index (χ2n) is 10.3. The lowest BCUT2D eigenvalue weighted by atomic mass is 10.0. The Kier molecular flexibility index (Phi) is 11.1. The fraction of sp³-hybridized carbons (Fsp3) is 0.444. The molecule has 2 aliphatic rings. The molecule has 4 rings (SSSR count). The van der Waals surface area contributed by atoms with Crippen molar-refractivity contribution in [2.75, 3.05) is 29.2 Å². The predicted molar refractivity (Wildman–Crippen MR) is 172 cm³/mol. The highest BCUT2D eigenvalue weighted by molar-refractivity contribution is 14.1. The van der Waals surface area contributed by atoms with Gasteiger partial charge in [0.25, 0.3) is 11.8 Å². The van der Waals surface area contributed by atoms with Crippen molar-refractivity contribution in [2.24, 2.45) is 5.16 Å². The molecule has 2 unspecified atom stereocenters. The van der Waals surface area contributed by atoms with Crippen LogP contribution in [0.3, 0.4) is 0 Å². The number of halogens is 1. The fourth-order valence-corrected chi connectivity index (χ4v) is 6.90. The molecule has 3 heterocycles. The molecule has 44 heavy (non-hydrogen) atoms. The summed E-state index contributed by atoms with van der Waals surface area (Å²) < 4.78 is 20.6. The summed E-state index contributed by atoms with van der Waals surface area (Å²) in [5.41, 5.74) is 0.711. The Morgan fingerprint density at radius 1 is 1.20 bits per heavy atom. The number of alkyl halides is 1. The summed E-state index contributed by atoms with van der Waals surface area (Å²) in [5.74, 6) is -0.800. The van der Waals surface area contributed by atoms with Crippen LogP contribution in [0.2, 0.25) is 0 Å². The van der Waals surface area contributed by atoms with Crippen molar-refractivity contribution >= 4 is 80.6 Å². The van der Waals surface area contributed by atoms with E-state index in [4.69, 9.17) is 19.0 Å². The Hall–Kier alpha value is -3.45. The number of hydrogen-bond acceptors (Lipinski definition) is 13. The number of nitrogens with zero attached hydrogens (tertiary/aromatic N) is 4. The zero-order valence-electron chi connectivity index (χ0n) is 24.5. The molecule has 3 amide bonds. The van der Waals surface area contributed by atoms with Gasteiger partial charge in [0.05, 0.1) is 7.11 Å². The molecule has 0 bridgehead atoms. The van der Waals surface area contributed by atoms with Gasteiger partial charge in [-0.2, -0.15) is 9.36 Å². The lowest BCUT2D eigenvalue weighted by Gasteiger charge is -2.49. The fourth-order valence-electron chi connectivity index (χ4n) is 4.00. The van der Waals surface area contributed by atoms with Crippen LogP contribution in [0.4, 0.5) is 9.93 Å². The summed E-state index contributed by atoms with van der Waals surface area (Å²) in [6, 6.07) is 6.16. The third-order valence-corrected chi connectivity index (χ3v) is 8.85. The van der Waals surface area contributed by atoms with Crippen LogP contribution >= 0.6 is 45.9 Å². The number of β-lactam (4-membered cyclic amide) rings is 1. The first-order valence-electron chi connectivity index (χ1n) is 13.3. The average Bonchev–Trinajstić information content (AvgIpc) is 3.44. The van der Waals surface area contributed by atoms with Crippen molar-refractivity contribution < 1.29 is 38.2 Å². The van der Waals surface area contributed by atoms with Gasteiger partial charge >= 0.3 is 12.1 Å². The molecule has 2 atom stereocenters. The molecule has 1 aromatic carbocycles. The Bertz CT molecular complexity index is 1470. The highest BCUT2D eigenvalue weighted by Crippen LogP contribution is 2.41. The maximum atomic E-state index is 13.3. The molecule has 1 aromatic heterocycles. The molecule has 1 fully saturated rings. The van der Waals surface area contributed by atoms with E-state index in [2.05, 4.69) is 47.7 Å². The Morgan fingerprint density at radius 2 is 1.93 bits per heavy atom. The van der Waals surface area contributed by atoms with Crippen LogP contribution in [0.25, 0.3) is 0 Å². The predicted octanol–water partition coefficient (Wildman–Crippen LogP) is 3.47. The van der Waals surface area contributed by atoms with Gasteiger partial charge in [-0.05, 0) is 51.0 Å². The second kappa shape index (κ2) is 14.6. The van der Waals surface area contributed by atoms with Crippen LogP contribution < -0.4 is 15.4 Å². The van der Waals surface area contributed by atoms with Crippen molar-refractivity contribution in [2.45, 2.75) is 51.3 Å². The number of nitrogens with one attached hydrogen (secondary N) is 2. The van der Waals surface area contributed by atoms with Gasteiger partial charge in [-0.25, -0.2) is 9.59 Å². The molecule has 0 saturated carbocycles. The zero-order valence-corrected chi connectivity index (χ0v) is 28.3. The van der Waals surface area contributed by atoms with Crippen molar-refractivity contribution in [3.63, 3.8) is 0 Å². The van der Waals surface area contributed by atoms with Gasteiger partial charge in [0.15, 0.2) is 0 Å². The van der Waals surface area contributed by atoms with Gasteiger partial charge in [-0.3, -0.25) is 19.8 Å². The molecular weight excluding hydrogens is 727 g/mol. The van der Waals surface area contributed by atoms with Gasteiger partial charge in [0.2, 0.25) is 16.7 Å². The van der Waals surface area contributed by atoms with Crippen molar-refractivity contribution in [1.82, 2.24) is 19.6 Å². The largest absolute Gasteiger partial charge is 0.497 e. The molecule has 0 radical (unpaired) electrons. The number of fused-ring (bicyclic) bond motifs is 1. The topological polar surface area (TPSA) is 171 Å². The Morgan fingerprint density at radius 3 is 2.57 bits per heavy atom. The lowest BCUT2D eigenvalue weighted by Crippen LogP contribution is -2.71. The third kappa shape index (κ3) is 7.98. The van der Waals surface area contributed by atoms with Crippen molar-refractivity contribution in [3.05, 3.63) is 46.9 Å². The summed E-state index contributed by atoms with van der Waals surface area (Å²) in [6.07, 6.45) is -0.736. The van der Waals surface area contributed by atoms with E-state index in [1.807, 2.05) is 0 Å². The summed E-state index contributed by atoms with van der Waals surface area (Å²) in [7, 11) is 1.56. The normalized spacial score (nSPS) is 18.2. The van der Waals surface area contributed by atoms with E-state index in [0.29, 0.717) is 15.9 Å². The van der Waals surface area contributed by atoms with E-state index in [9.17, 15) is 19.2 Å². The number of amides is 3. The molecule has 2 aromatic rings. The molecule has 14 nitrogen and oxygen atoms in total. The summed E-state index contributed by atoms with van der Waals surface area (Å²) in [5, 5.41) is 8.54. The van der Waals surface area contributed by atoms with Crippen LogP contribution in [0, 0.1) is 0 Å². The molecule has 236 valence electrons. The van der Waals surface area contributed by atoms with Crippen LogP contribution in [0.15, 0.2) is 40.7 Å². The maximum Gasteiger partial charge on any atom is 0.414 e. The number of ether oxygens (including phenoxy) is 3. The number of oxime groups is 1. The van der Waals surface area contributed by atoms with Gasteiger partial charge in [-0.15, -0.1) is 11.8 Å². The smallest absolute Gasteiger partial charge is 0.414 e. The Balaban J connectivity index is 1.44. The zero-order chi connectivity index (χ0) is 32.0. The number of methoxy groups -OCH3 is 1. The number of hydrogen-bond donors (Lipinski definition) is 2. The first-order chi connectivity index (χ1) is 20.9. The van der Waals surface area contributed by atoms with E-state index < -0.39 is 40.9 Å². The molecular formula is C27H31IN6O8S2. The summed E-state index contributed by atoms with van der Waals surface area (Å²) >= 11 is 4.38. The average molecular weight is 759 g/mol. The maximum absolute atomic E-state index is 13.3. The first-order valence-corrected chi connectivity index (χ1v) is 16.7.